The number of anilines is 1. The van der Waals surface area contributed by atoms with Gasteiger partial charge in [-0.3, -0.25) is 9.48 Å². The van der Waals surface area contributed by atoms with E-state index in [2.05, 4.69) is 10.4 Å². The monoisotopic (exact) mass is 412 g/mol. The molecule has 1 aliphatic carbocycles. The van der Waals surface area contributed by atoms with Gasteiger partial charge in [-0.2, -0.15) is 5.10 Å². The predicted octanol–water partition coefficient (Wildman–Crippen LogP) is 3.29. The van der Waals surface area contributed by atoms with Gasteiger partial charge >= 0.3 is 6.09 Å². The smallest absolute Gasteiger partial charge is 0.405 e. The number of rotatable bonds is 6. The molecular formula is C22H28N4O4. The first-order valence-corrected chi connectivity index (χ1v) is 10.4. The minimum Gasteiger partial charge on any atom is -0.465 e. The van der Waals surface area contributed by atoms with E-state index in [9.17, 15) is 14.7 Å². The van der Waals surface area contributed by atoms with Gasteiger partial charge in [-0.15, -0.1) is 0 Å². The van der Waals surface area contributed by atoms with Gasteiger partial charge in [0, 0.05) is 43.4 Å². The van der Waals surface area contributed by atoms with Crippen molar-refractivity contribution in [2.24, 2.45) is 11.8 Å². The maximum atomic E-state index is 12.6. The molecule has 8 heteroatoms. The minimum atomic E-state index is -1.05. The molecule has 1 aliphatic heterocycles. The number of methoxy groups -OCH3 is 1. The molecule has 0 unspecified atom stereocenters. The molecule has 8 nitrogen and oxygen atoms in total. The van der Waals surface area contributed by atoms with E-state index >= 15 is 0 Å². The van der Waals surface area contributed by atoms with Gasteiger partial charge in [0.05, 0.1) is 25.4 Å². The van der Waals surface area contributed by atoms with Crippen molar-refractivity contribution >= 4 is 17.7 Å². The van der Waals surface area contributed by atoms with Crippen LogP contribution in [0.5, 0.6) is 0 Å². The van der Waals surface area contributed by atoms with E-state index < -0.39 is 6.09 Å². The summed E-state index contributed by atoms with van der Waals surface area (Å²) >= 11 is 0. The first kappa shape index (κ1) is 20.4. The Morgan fingerprint density at radius 1 is 1.30 bits per heavy atom. The van der Waals surface area contributed by atoms with Crippen molar-refractivity contribution in [3.8, 4) is 11.1 Å². The molecule has 0 spiro atoms. The summed E-state index contributed by atoms with van der Waals surface area (Å²) in [5, 5.41) is 16.6. The Bertz CT molecular complexity index is 952. The first-order chi connectivity index (χ1) is 14.4. The number of hydrogen-bond donors (Lipinski definition) is 2. The summed E-state index contributed by atoms with van der Waals surface area (Å²) in [4.78, 5) is 26.1. The van der Waals surface area contributed by atoms with Crippen LogP contribution in [-0.4, -0.2) is 46.6 Å². The lowest BCUT2D eigenvalue weighted by atomic mass is 9.79. The van der Waals surface area contributed by atoms with Crippen molar-refractivity contribution in [2.75, 3.05) is 18.6 Å². The Hall–Kier alpha value is -2.87. The summed E-state index contributed by atoms with van der Waals surface area (Å²) < 4.78 is 6.92. The Morgan fingerprint density at radius 3 is 2.70 bits per heavy atom. The molecule has 3 atom stereocenters. The molecule has 1 saturated carbocycles. The quantitative estimate of drug-likeness (QED) is 0.759. The first-order valence-electron chi connectivity index (χ1n) is 10.4. The largest absolute Gasteiger partial charge is 0.465 e. The van der Waals surface area contributed by atoms with Crippen molar-refractivity contribution in [2.45, 2.75) is 45.3 Å². The number of nitrogens with zero attached hydrogens (tertiary/aromatic N) is 3. The average molecular weight is 412 g/mol. The minimum absolute atomic E-state index is 0.00564. The molecule has 30 heavy (non-hydrogen) atoms. The number of carbonyl (C=O) groups excluding carboxylic acids is 1. The SMILES string of the molecule is COCCn1cc(-c2ccc3c(c2)[C@H](NC(=O)O)[C@@H](C)[C@H](C2CC2)N3C(C)=O)cn1. The van der Waals surface area contributed by atoms with Crippen LogP contribution in [0.3, 0.4) is 0 Å². The van der Waals surface area contributed by atoms with Crippen molar-refractivity contribution in [1.82, 2.24) is 15.1 Å². The van der Waals surface area contributed by atoms with E-state index in [4.69, 9.17) is 4.74 Å². The topological polar surface area (TPSA) is 96.7 Å². The number of aromatic nitrogens is 2. The molecule has 2 heterocycles. The highest BCUT2D eigenvalue weighted by Crippen LogP contribution is 2.49. The van der Waals surface area contributed by atoms with Crippen LogP contribution in [0.25, 0.3) is 11.1 Å². The van der Waals surface area contributed by atoms with E-state index in [1.165, 1.54) is 0 Å². The lowest BCUT2D eigenvalue weighted by molar-refractivity contribution is -0.117. The molecule has 0 bridgehead atoms. The third-order valence-corrected chi connectivity index (χ3v) is 6.20. The summed E-state index contributed by atoms with van der Waals surface area (Å²) in [6, 6.07) is 5.54. The molecule has 1 fully saturated rings. The molecule has 2 amide bonds. The number of carbonyl (C=O) groups is 2. The number of benzene rings is 1. The lowest BCUT2D eigenvalue weighted by Gasteiger charge is -2.45. The van der Waals surface area contributed by atoms with Gasteiger partial charge in [-0.05, 0) is 42.0 Å². The van der Waals surface area contributed by atoms with Crippen LogP contribution in [0.2, 0.25) is 0 Å². The lowest BCUT2D eigenvalue weighted by Crippen LogP contribution is -2.53. The van der Waals surface area contributed by atoms with Crippen molar-refractivity contribution in [3.63, 3.8) is 0 Å². The Labute approximate surface area is 175 Å². The molecule has 1 aromatic carbocycles. The fourth-order valence-electron chi connectivity index (χ4n) is 4.70. The second-order valence-electron chi connectivity index (χ2n) is 8.26. The number of ether oxygens (including phenoxy) is 1. The zero-order chi connectivity index (χ0) is 21.4. The van der Waals surface area contributed by atoms with Crippen LogP contribution in [0.1, 0.15) is 38.3 Å². The van der Waals surface area contributed by atoms with E-state index in [-0.39, 0.29) is 23.9 Å². The standard InChI is InChI=1S/C22H28N4O4/c1-13-20(24-22(28)29)18-10-16(17-11-23-25(12-17)8-9-30-3)6-7-19(18)26(14(2)27)21(13)15-4-5-15/h6-7,10-13,15,20-21,24H,4-5,8-9H2,1-3H3,(H,28,29)/t13-,20-,21-/m1/s1. The Kier molecular flexibility index (Phi) is 5.51. The summed E-state index contributed by atoms with van der Waals surface area (Å²) in [5.74, 6) is 0.396. The van der Waals surface area contributed by atoms with Crippen molar-refractivity contribution in [3.05, 3.63) is 36.2 Å². The van der Waals surface area contributed by atoms with E-state index in [0.717, 1.165) is 35.2 Å². The molecule has 1 aromatic heterocycles. The highest BCUT2D eigenvalue weighted by molar-refractivity contribution is 5.94. The van der Waals surface area contributed by atoms with E-state index in [1.807, 2.05) is 40.9 Å². The summed E-state index contributed by atoms with van der Waals surface area (Å²) in [7, 11) is 1.65. The molecule has 0 radical (unpaired) electrons. The van der Waals surface area contributed by atoms with Crippen LogP contribution in [-0.2, 0) is 16.1 Å². The highest BCUT2D eigenvalue weighted by atomic mass is 16.5. The second kappa shape index (κ2) is 8.10. The third kappa shape index (κ3) is 3.79. The number of carboxylic acid groups (broad SMARTS) is 1. The number of hydrogen-bond acceptors (Lipinski definition) is 4. The Balaban J connectivity index is 1.76. The van der Waals surface area contributed by atoms with Crippen LogP contribution in [0.15, 0.2) is 30.6 Å². The second-order valence-corrected chi connectivity index (χ2v) is 8.26. The predicted molar refractivity (Wildman–Crippen MR) is 112 cm³/mol. The maximum Gasteiger partial charge on any atom is 0.405 e. The molecular weight excluding hydrogens is 384 g/mol. The number of amides is 2. The van der Waals surface area contributed by atoms with Gasteiger partial charge in [0.2, 0.25) is 5.91 Å². The van der Waals surface area contributed by atoms with Crippen LogP contribution in [0, 0.1) is 11.8 Å². The zero-order valence-corrected chi connectivity index (χ0v) is 17.5. The molecule has 2 aliphatic rings. The molecule has 160 valence electrons. The highest BCUT2D eigenvalue weighted by Gasteiger charge is 2.47. The van der Waals surface area contributed by atoms with E-state index in [0.29, 0.717) is 19.1 Å². The van der Waals surface area contributed by atoms with Crippen LogP contribution < -0.4 is 10.2 Å². The van der Waals surface area contributed by atoms with Crippen molar-refractivity contribution < 1.29 is 19.4 Å². The fraction of sp³-hybridized carbons (Fsp3) is 0.500. The molecule has 0 saturated heterocycles. The van der Waals surface area contributed by atoms with Gasteiger partial charge in [0.15, 0.2) is 0 Å². The maximum absolute atomic E-state index is 12.6. The number of nitrogens with one attached hydrogen (secondary N) is 1. The normalized spacial score (nSPS) is 23.2. The Morgan fingerprint density at radius 2 is 2.07 bits per heavy atom. The molecule has 2 aromatic rings. The average Bonchev–Trinajstić information content (AvgIpc) is 3.44. The third-order valence-electron chi connectivity index (χ3n) is 6.20. The van der Waals surface area contributed by atoms with E-state index in [1.54, 1.807) is 20.2 Å². The van der Waals surface area contributed by atoms with Gasteiger partial charge in [-0.1, -0.05) is 13.0 Å². The van der Waals surface area contributed by atoms with Gasteiger partial charge in [0.1, 0.15) is 0 Å². The fourth-order valence-corrected chi connectivity index (χ4v) is 4.70. The van der Waals surface area contributed by atoms with Crippen molar-refractivity contribution in [1.29, 1.82) is 0 Å². The van der Waals surface area contributed by atoms with Gasteiger partial charge in [-0.25, -0.2) is 4.79 Å². The molecule has 2 N–H and O–H groups in total. The van der Waals surface area contributed by atoms with Gasteiger partial charge < -0.3 is 20.1 Å². The van der Waals surface area contributed by atoms with Gasteiger partial charge in [0.25, 0.3) is 0 Å². The summed E-state index contributed by atoms with van der Waals surface area (Å²) in [5.41, 5.74) is 3.51. The summed E-state index contributed by atoms with van der Waals surface area (Å²) in [6.07, 6.45) is 4.84. The van der Waals surface area contributed by atoms with Crippen LogP contribution >= 0.6 is 0 Å². The molecule has 4 rings (SSSR count). The zero-order valence-electron chi connectivity index (χ0n) is 17.5. The summed E-state index contributed by atoms with van der Waals surface area (Å²) in [6.45, 7) is 4.86. The number of fused-ring (bicyclic) bond motifs is 1. The van der Waals surface area contributed by atoms with Crippen LogP contribution in [0.4, 0.5) is 10.5 Å².